The molecule has 0 spiro atoms. The lowest BCUT2D eigenvalue weighted by Gasteiger charge is -2.41. The van der Waals surface area contributed by atoms with Crippen molar-refractivity contribution in [2.75, 3.05) is 39.3 Å². The Balaban J connectivity index is 1.10. The summed E-state index contributed by atoms with van der Waals surface area (Å²) in [5.41, 5.74) is 2.18. The van der Waals surface area contributed by atoms with E-state index in [0.29, 0.717) is 23.8 Å². The molecule has 0 radical (unpaired) electrons. The summed E-state index contributed by atoms with van der Waals surface area (Å²) in [4.78, 5) is 20.1. The minimum atomic E-state index is -0.0526. The Labute approximate surface area is 270 Å². The van der Waals surface area contributed by atoms with E-state index >= 15 is 0 Å². The monoisotopic (exact) mass is 624 g/mol. The number of aromatic hydroxyl groups is 1. The Morgan fingerprint density at radius 2 is 1.51 bits per heavy atom. The van der Waals surface area contributed by atoms with Crippen LogP contribution in [-0.2, 0) is 0 Å². The number of benzene rings is 3. The number of hydrogen-bond acceptors (Lipinski definition) is 7. The van der Waals surface area contributed by atoms with Gasteiger partial charge in [-0.05, 0) is 131 Å². The highest BCUT2D eigenvalue weighted by atomic mass is 32.1. The van der Waals surface area contributed by atoms with Crippen LogP contribution in [0.25, 0.3) is 20.5 Å². The molecule has 4 aromatic rings. The van der Waals surface area contributed by atoms with Gasteiger partial charge < -0.3 is 14.6 Å². The van der Waals surface area contributed by atoms with Crippen LogP contribution < -0.4 is 9.47 Å². The lowest BCUT2D eigenvalue weighted by Crippen LogP contribution is -2.49. The number of piperidine rings is 1. The highest BCUT2D eigenvalue weighted by molar-refractivity contribution is 7.23. The van der Waals surface area contributed by atoms with E-state index in [-0.39, 0.29) is 17.6 Å². The van der Waals surface area contributed by atoms with E-state index in [1.165, 1.54) is 75.8 Å². The second-order valence-corrected chi connectivity index (χ2v) is 13.9. The summed E-state index contributed by atoms with van der Waals surface area (Å²) in [5.74, 6) is 1.79. The standard InChI is InChI=1S/C38H44N2O4S/c41-33-11-8-9-31-35(37(45-38(31)33)28-15-17-29(18-16-28)43-26-25-39-21-6-7-22-39)36(42)27-13-19-30(20-14-27)44-34-12-3-2-10-32(34)40-23-4-1-5-24-40/h8-9,11,13-20,32,34,41H,1-7,10,12,21-26H2/t32-,34-/m1/s1. The smallest absolute Gasteiger partial charge is 0.195 e. The van der Waals surface area contributed by atoms with Crippen molar-refractivity contribution in [1.82, 2.24) is 9.80 Å². The van der Waals surface area contributed by atoms with Crippen LogP contribution in [0.4, 0.5) is 0 Å². The van der Waals surface area contributed by atoms with Gasteiger partial charge in [-0.3, -0.25) is 14.6 Å². The predicted octanol–water partition coefficient (Wildman–Crippen LogP) is 8.16. The fraction of sp³-hybridized carbons (Fsp3) is 0.447. The maximum atomic E-state index is 14.2. The third-order valence-electron chi connectivity index (χ3n) is 9.84. The van der Waals surface area contributed by atoms with Gasteiger partial charge in [0.05, 0.1) is 4.70 Å². The number of likely N-dealkylation sites (tertiary alicyclic amines) is 2. The average Bonchev–Trinajstić information content (AvgIpc) is 3.75. The molecular weight excluding hydrogens is 580 g/mol. The molecule has 7 rings (SSSR count). The van der Waals surface area contributed by atoms with Crippen LogP contribution in [0.5, 0.6) is 17.2 Å². The fourth-order valence-electron chi connectivity index (χ4n) is 7.42. The van der Waals surface area contributed by atoms with E-state index in [1.807, 2.05) is 60.7 Å². The summed E-state index contributed by atoms with van der Waals surface area (Å²) < 4.78 is 13.4. The van der Waals surface area contributed by atoms with Gasteiger partial charge in [-0.15, -0.1) is 11.3 Å². The van der Waals surface area contributed by atoms with Gasteiger partial charge in [0.2, 0.25) is 0 Å². The first-order valence-corrected chi connectivity index (χ1v) is 17.7. The van der Waals surface area contributed by atoms with Crippen molar-refractivity contribution in [3.63, 3.8) is 0 Å². The SMILES string of the molecule is O=C(c1ccc(O[C@@H]2CCCC[C@H]2N2CCCCC2)cc1)c1c(-c2ccc(OCCN3CCCC3)cc2)sc2c(O)cccc12. The Morgan fingerprint density at radius 1 is 0.800 bits per heavy atom. The summed E-state index contributed by atoms with van der Waals surface area (Å²) in [5, 5.41) is 11.5. The van der Waals surface area contributed by atoms with Crippen LogP contribution in [0.2, 0.25) is 0 Å². The molecule has 1 N–H and O–H groups in total. The molecule has 3 aliphatic rings. The van der Waals surface area contributed by atoms with E-state index in [0.717, 1.165) is 58.1 Å². The molecule has 0 amide bonds. The molecule has 1 saturated carbocycles. The normalized spacial score (nSPS) is 21.2. The first-order valence-electron chi connectivity index (χ1n) is 16.9. The van der Waals surface area contributed by atoms with Crippen LogP contribution in [-0.4, -0.2) is 72.2 Å². The molecule has 236 valence electrons. The molecule has 45 heavy (non-hydrogen) atoms. The summed E-state index contributed by atoms with van der Waals surface area (Å²) >= 11 is 1.46. The van der Waals surface area contributed by atoms with Crippen molar-refractivity contribution in [1.29, 1.82) is 0 Å². The summed E-state index contributed by atoms with van der Waals surface area (Å²) in [7, 11) is 0. The summed E-state index contributed by atoms with van der Waals surface area (Å²) in [6.45, 7) is 6.29. The largest absolute Gasteiger partial charge is 0.506 e. The van der Waals surface area contributed by atoms with E-state index in [4.69, 9.17) is 9.47 Å². The third-order valence-corrected chi connectivity index (χ3v) is 11.1. The van der Waals surface area contributed by atoms with Crippen molar-refractivity contribution in [3.05, 3.63) is 77.9 Å². The molecule has 2 aliphatic heterocycles. The lowest BCUT2D eigenvalue weighted by molar-refractivity contribution is 0.0261. The van der Waals surface area contributed by atoms with Crippen molar-refractivity contribution in [2.24, 2.45) is 0 Å². The minimum Gasteiger partial charge on any atom is -0.506 e. The number of fused-ring (bicyclic) bond motifs is 1. The zero-order valence-electron chi connectivity index (χ0n) is 26.1. The summed E-state index contributed by atoms with van der Waals surface area (Å²) in [6.07, 6.45) is 11.4. The van der Waals surface area contributed by atoms with Crippen molar-refractivity contribution in [2.45, 2.75) is 69.9 Å². The second-order valence-electron chi connectivity index (χ2n) is 12.8. The van der Waals surface area contributed by atoms with Crippen LogP contribution in [0.3, 0.4) is 0 Å². The Bertz CT molecular complexity index is 1590. The quantitative estimate of drug-likeness (QED) is 0.180. The molecule has 2 saturated heterocycles. The first-order chi connectivity index (χ1) is 22.1. The van der Waals surface area contributed by atoms with Crippen LogP contribution >= 0.6 is 11.3 Å². The third kappa shape index (κ3) is 6.76. The molecule has 7 heteroatoms. The van der Waals surface area contributed by atoms with Crippen molar-refractivity contribution < 1.29 is 19.4 Å². The van der Waals surface area contributed by atoms with Crippen molar-refractivity contribution >= 4 is 27.2 Å². The van der Waals surface area contributed by atoms with Gasteiger partial charge >= 0.3 is 0 Å². The average molecular weight is 625 g/mol. The number of ketones is 1. The lowest BCUT2D eigenvalue weighted by atomic mass is 9.90. The van der Waals surface area contributed by atoms with Crippen LogP contribution in [0.15, 0.2) is 66.7 Å². The Morgan fingerprint density at radius 3 is 2.29 bits per heavy atom. The molecule has 1 aromatic heterocycles. The van der Waals surface area contributed by atoms with Gasteiger partial charge in [0, 0.05) is 34.0 Å². The number of nitrogens with zero attached hydrogens (tertiary/aromatic N) is 2. The van der Waals surface area contributed by atoms with E-state index in [2.05, 4.69) is 9.80 Å². The fourth-order valence-corrected chi connectivity index (χ4v) is 8.64. The Hall–Kier alpha value is -3.39. The highest BCUT2D eigenvalue weighted by Crippen LogP contribution is 2.43. The van der Waals surface area contributed by atoms with E-state index in [9.17, 15) is 9.90 Å². The van der Waals surface area contributed by atoms with Crippen molar-refractivity contribution in [3.8, 4) is 27.7 Å². The van der Waals surface area contributed by atoms with Crippen LogP contribution in [0.1, 0.15) is 73.7 Å². The molecule has 3 heterocycles. The zero-order valence-corrected chi connectivity index (χ0v) is 26.9. The number of carbonyl (C=O) groups is 1. The van der Waals surface area contributed by atoms with Gasteiger partial charge in [0.1, 0.15) is 30.0 Å². The molecule has 0 unspecified atom stereocenters. The molecule has 2 atom stereocenters. The summed E-state index contributed by atoms with van der Waals surface area (Å²) in [6, 6.07) is 21.6. The maximum absolute atomic E-state index is 14.2. The molecule has 3 fully saturated rings. The number of thiophene rings is 1. The zero-order chi connectivity index (χ0) is 30.6. The van der Waals surface area contributed by atoms with Gasteiger partial charge in [-0.25, -0.2) is 0 Å². The number of rotatable bonds is 10. The number of phenolic OH excluding ortho intramolecular Hbond substituents is 1. The van der Waals surface area contributed by atoms with E-state index < -0.39 is 0 Å². The van der Waals surface area contributed by atoms with Gasteiger partial charge in [-0.1, -0.05) is 25.0 Å². The minimum absolute atomic E-state index is 0.0526. The second kappa shape index (κ2) is 13.9. The number of phenols is 1. The topological polar surface area (TPSA) is 62.2 Å². The highest BCUT2D eigenvalue weighted by Gasteiger charge is 2.32. The van der Waals surface area contributed by atoms with Crippen LogP contribution in [0, 0.1) is 0 Å². The number of carbonyl (C=O) groups excluding carboxylic acids is 1. The van der Waals surface area contributed by atoms with E-state index in [1.54, 1.807) is 6.07 Å². The molecule has 0 bridgehead atoms. The first kappa shape index (κ1) is 30.3. The molecular formula is C38H44N2O4S. The van der Waals surface area contributed by atoms with Gasteiger partial charge in [-0.2, -0.15) is 0 Å². The molecule has 3 aromatic carbocycles. The Kier molecular flexibility index (Phi) is 9.38. The number of ether oxygens (including phenoxy) is 2. The molecule has 1 aliphatic carbocycles. The maximum Gasteiger partial charge on any atom is 0.195 e. The molecule has 6 nitrogen and oxygen atoms in total. The number of hydrogen-bond donors (Lipinski definition) is 1. The van der Waals surface area contributed by atoms with Gasteiger partial charge in [0.15, 0.2) is 5.78 Å². The van der Waals surface area contributed by atoms with Gasteiger partial charge in [0.25, 0.3) is 0 Å². The predicted molar refractivity (Wildman–Crippen MR) is 182 cm³/mol.